The number of hydrogen-bond acceptors (Lipinski definition) is 5. The van der Waals surface area contributed by atoms with Crippen LogP contribution in [0.1, 0.15) is 28.9 Å². The fourth-order valence-electron chi connectivity index (χ4n) is 2.18. The lowest BCUT2D eigenvalue weighted by Crippen LogP contribution is -2.11. The molecule has 0 saturated carbocycles. The van der Waals surface area contributed by atoms with Crippen molar-refractivity contribution in [1.82, 2.24) is 19.8 Å². The highest BCUT2D eigenvalue weighted by Crippen LogP contribution is 2.24. The first-order valence-electron chi connectivity index (χ1n) is 6.95. The van der Waals surface area contributed by atoms with Gasteiger partial charge in [0.1, 0.15) is 0 Å². The molecule has 0 atom stereocenters. The van der Waals surface area contributed by atoms with Crippen molar-refractivity contribution in [3.8, 4) is 0 Å². The fourth-order valence-corrected chi connectivity index (χ4v) is 2.18. The fraction of sp³-hybridized carbons (Fsp3) is 0.467. The molecule has 1 aromatic heterocycles. The Kier molecular flexibility index (Phi) is 4.67. The summed E-state index contributed by atoms with van der Waals surface area (Å²) in [7, 11) is 7.60. The molecule has 0 bridgehead atoms. The maximum Gasteiger partial charge on any atom is 0.250 e. The summed E-state index contributed by atoms with van der Waals surface area (Å²) in [6.45, 7) is 0. The second kappa shape index (κ2) is 6.47. The lowest BCUT2D eigenvalue weighted by Gasteiger charge is -2.09. The van der Waals surface area contributed by atoms with Gasteiger partial charge in [0.15, 0.2) is 5.78 Å². The van der Waals surface area contributed by atoms with Gasteiger partial charge in [-0.1, -0.05) is 0 Å². The zero-order chi connectivity index (χ0) is 15.4. The van der Waals surface area contributed by atoms with Gasteiger partial charge in [-0.15, -0.1) is 0 Å². The molecule has 2 rings (SSSR count). The number of hydrogen-bond donors (Lipinski definition) is 0. The Hall–Kier alpha value is -2.24. The van der Waals surface area contributed by atoms with Crippen LogP contribution in [-0.4, -0.2) is 60.1 Å². The van der Waals surface area contributed by atoms with E-state index in [9.17, 15) is 4.79 Å². The maximum absolute atomic E-state index is 12.5. The van der Waals surface area contributed by atoms with Crippen molar-refractivity contribution in [2.45, 2.75) is 19.3 Å². The molecule has 112 valence electrons. The molecular weight excluding hydrogens is 266 g/mol. The van der Waals surface area contributed by atoms with E-state index in [1.54, 1.807) is 12.5 Å². The number of Topliss-reactive ketones (excluding diaryl/α,β-unsaturated/α-hetero) is 1. The van der Waals surface area contributed by atoms with Crippen molar-refractivity contribution in [2.75, 3.05) is 28.2 Å². The van der Waals surface area contributed by atoms with Crippen LogP contribution in [0.25, 0.3) is 0 Å². The zero-order valence-electron chi connectivity index (χ0n) is 13.0. The number of allylic oxidation sites excluding steroid dienone is 1. The lowest BCUT2D eigenvalue weighted by molar-refractivity contribution is 0.102. The Morgan fingerprint density at radius 1 is 1.19 bits per heavy atom. The topological polar surface area (TPSA) is 61.7 Å². The lowest BCUT2D eigenvalue weighted by atomic mass is 10.1. The normalized spacial score (nSPS) is 17.0. The zero-order valence-corrected chi connectivity index (χ0v) is 13.0. The first kappa shape index (κ1) is 15.2. The van der Waals surface area contributed by atoms with E-state index in [2.05, 4.69) is 15.0 Å². The van der Waals surface area contributed by atoms with Crippen LogP contribution in [-0.2, 0) is 6.42 Å². The highest BCUT2D eigenvalue weighted by molar-refractivity contribution is 6.09. The molecule has 1 aromatic rings. The summed E-state index contributed by atoms with van der Waals surface area (Å²) < 4.78 is 0. The van der Waals surface area contributed by atoms with Crippen molar-refractivity contribution in [2.24, 2.45) is 4.99 Å². The van der Waals surface area contributed by atoms with Crippen LogP contribution in [0.4, 0.5) is 5.95 Å². The summed E-state index contributed by atoms with van der Waals surface area (Å²) in [5.74, 6) is 0.426. The number of ketones is 1. The van der Waals surface area contributed by atoms with Crippen LogP contribution in [0.3, 0.4) is 0 Å². The van der Waals surface area contributed by atoms with Gasteiger partial charge in [-0.3, -0.25) is 4.79 Å². The van der Waals surface area contributed by atoms with E-state index in [-0.39, 0.29) is 5.78 Å². The van der Waals surface area contributed by atoms with Crippen LogP contribution < -0.4 is 0 Å². The van der Waals surface area contributed by atoms with E-state index in [0.717, 1.165) is 30.5 Å². The summed E-state index contributed by atoms with van der Waals surface area (Å²) >= 11 is 0. The minimum absolute atomic E-state index is 0.0272. The average molecular weight is 287 g/mol. The molecule has 0 aromatic carbocycles. The van der Waals surface area contributed by atoms with Crippen molar-refractivity contribution in [3.05, 3.63) is 29.2 Å². The molecule has 1 aliphatic rings. The average Bonchev–Trinajstić information content (AvgIpc) is 2.56. The smallest absolute Gasteiger partial charge is 0.250 e. The first-order chi connectivity index (χ1) is 9.97. The van der Waals surface area contributed by atoms with Gasteiger partial charge >= 0.3 is 0 Å². The number of aromatic nitrogens is 2. The molecule has 1 aliphatic carbocycles. The highest BCUT2D eigenvalue weighted by atomic mass is 16.1. The highest BCUT2D eigenvalue weighted by Gasteiger charge is 2.22. The molecule has 0 radical (unpaired) electrons. The summed E-state index contributed by atoms with van der Waals surface area (Å²) in [5, 5.41) is 0. The Morgan fingerprint density at radius 3 is 2.62 bits per heavy atom. The van der Waals surface area contributed by atoms with E-state index in [1.807, 2.05) is 44.2 Å². The third-order valence-electron chi connectivity index (χ3n) is 3.07. The molecule has 0 N–H and O–H groups in total. The molecule has 0 fully saturated rings. The number of nitrogens with zero attached hydrogens (tertiary/aromatic N) is 5. The van der Waals surface area contributed by atoms with Gasteiger partial charge in [-0.2, -0.15) is 0 Å². The predicted octanol–water partition coefficient (Wildman–Crippen LogP) is 1.66. The van der Waals surface area contributed by atoms with Crippen LogP contribution in [0.5, 0.6) is 0 Å². The second-order valence-electron chi connectivity index (χ2n) is 5.54. The van der Waals surface area contributed by atoms with E-state index in [0.29, 0.717) is 11.5 Å². The third-order valence-corrected chi connectivity index (χ3v) is 3.07. The molecule has 6 nitrogen and oxygen atoms in total. The predicted molar refractivity (Wildman–Crippen MR) is 82.9 cm³/mol. The van der Waals surface area contributed by atoms with E-state index >= 15 is 0 Å². The number of aliphatic imine (C=N–C) groups is 1. The molecule has 1 heterocycles. The number of fused-ring (bicyclic) bond motifs is 1. The number of carbonyl (C=O) groups is 1. The van der Waals surface area contributed by atoms with E-state index < -0.39 is 0 Å². The van der Waals surface area contributed by atoms with Gasteiger partial charge in [0.05, 0.1) is 17.6 Å². The molecule has 0 unspecified atom stereocenters. The first-order valence-corrected chi connectivity index (χ1v) is 6.95. The van der Waals surface area contributed by atoms with Gasteiger partial charge in [0.2, 0.25) is 0 Å². The van der Waals surface area contributed by atoms with Crippen molar-refractivity contribution in [3.63, 3.8) is 0 Å². The molecule has 0 saturated heterocycles. The summed E-state index contributed by atoms with van der Waals surface area (Å²) in [4.78, 5) is 29.0. The van der Waals surface area contributed by atoms with Gasteiger partial charge in [0.25, 0.3) is 5.95 Å². The Morgan fingerprint density at radius 2 is 1.95 bits per heavy atom. The summed E-state index contributed by atoms with van der Waals surface area (Å²) in [6.07, 6.45) is 7.59. The minimum atomic E-state index is 0.0272. The van der Waals surface area contributed by atoms with Crippen LogP contribution in [0.2, 0.25) is 0 Å². The molecule has 0 amide bonds. The van der Waals surface area contributed by atoms with Gasteiger partial charge < -0.3 is 9.80 Å². The van der Waals surface area contributed by atoms with Crippen molar-refractivity contribution < 1.29 is 4.79 Å². The molecule has 0 spiro atoms. The molecular formula is C15H21N5O. The Labute approximate surface area is 125 Å². The van der Waals surface area contributed by atoms with Gasteiger partial charge in [-0.05, 0) is 19.3 Å². The summed E-state index contributed by atoms with van der Waals surface area (Å²) in [5.41, 5.74) is 2.21. The number of carbonyl (C=O) groups excluding carboxylic acids is 1. The molecule has 6 heteroatoms. The number of rotatable bonds is 3. The molecule has 0 aliphatic heterocycles. The minimum Gasteiger partial charge on any atom is -0.383 e. The van der Waals surface area contributed by atoms with Gasteiger partial charge in [0, 0.05) is 46.2 Å². The van der Waals surface area contributed by atoms with Gasteiger partial charge in [-0.25, -0.2) is 15.0 Å². The van der Waals surface area contributed by atoms with Crippen molar-refractivity contribution >= 4 is 18.1 Å². The second-order valence-corrected chi connectivity index (χ2v) is 5.54. The van der Waals surface area contributed by atoms with E-state index in [1.165, 1.54) is 0 Å². The maximum atomic E-state index is 12.5. The van der Waals surface area contributed by atoms with E-state index in [4.69, 9.17) is 0 Å². The third kappa shape index (κ3) is 3.87. The molecule has 21 heavy (non-hydrogen) atoms. The van der Waals surface area contributed by atoms with Crippen molar-refractivity contribution in [1.29, 1.82) is 0 Å². The van der Waals surface area contributed by atoms with Crippen LogP contribution >= 0.6 is 0 Å². The monoisotopic (exact) mass is 287 g/mol. The summed E-state index contributed by atoms with van der Waals surface area (Å²) in [6, 6.07) is 0. The SMILES string of the molecule is CN(C)C=Nc1ncc2c(n1)CCC/C(=C/N(C)C)C2=O. The Bertz CT molecular complexity index is 590. The standard InChI is InChI=1S/C15H21N5O/c1-19(2)9-11-6-5-7-13-12(14(11)21)8-16-15(18-13)17-10-20(3)4/h8-10H,5-7H2,1-4H3/b11-9-,17-10?. The quantitative estimate of drug-likeness (QED) is 0.366. The number of aryl methyl sites for hydroxylation is 1. The van der Waals surface area contributed by atoms with Crippen LogP contribution in [0.15, 0.2) is 23.0 Å². The van der Waals surface area contributed by atoms with Crippen LogP contribution in [0, 0.1) is 0 Å². The Balaban J connectivity index is 2.34. The largest absolute Gasteiger partial charge is 0.383 e.